The molecule has 4 rings (SSSR count). The number of esters is 1. The number of thioether (sulfide) groups is 1. The van der Waals surface area contributed by atoms with Crippen LogP contribution in [0.5, 0.6) is 0 Å². The predicted molar refractivity (Wildman–Crippen MR) is 139 cm³/mol. The lowest BCUT2D eigenvalue weighted by Gasteiger charge is -2.39. The summed E-state index contributed by atoms with van der Waals surface area (Å²) >= 11 is 4.52. The molecule has 1 aromatic heterocycles. The van der Waals surface area contributed by atoms with Gasteiger partial charge in [0.1, 0.15) is 17.2 Å². The molecule has 11 heteroatoms. The van der Waals surface area contributed by atoms with Crippen molar-refractivity contribution in [3.8, 4) is 0 Å². The number of hydrogen-bond acceptors (Lipinski definition) is 8. The van der Waals surface area contributed by atoms with Crippen molar-refractivity contribution in [2.45, 2.75) is 23.6 Å². The van der Waals surface area contributed by atoms with Gasteiger partial charge in [0.2, 0.25) is 0 Å². The normalized spacial score (nSPS) is 14.8. The van der Waals surface area contributed by atoms with E-state index >= 15 is 0 Å². The number of benzene rings is 2. The van der Waals surface area contributed by atoms with Crippen molar-refractivity contribution in [2.75, 3.05) is 36.2 Å². The Hall–Kier alpha value is -3.02. The minimum Gasteiger partial charge on any atom is -0.468 e. The van der Waals surface area contributed by atoms with Crippen LogP contribution in [0.1, 0.15) is 28.8 Å². The summed E-state index contributed by atoms with van der Waals surface area (Å²) in [6, 6.07) is 13.0. The maximum atomic E-state index is 13.3. The number of nitrogens with one attached hydrogen (secondary N) is 1. The third-order valence-corrected chi connectivity index (χ3v) is 7.28. The molecule has 2 aromatic carbocycles. The van der Waals surface area contributed by atoms with Gasteiger partial charge in [-0.3, -0.25) is 9.59 Å². The Morgan fingerprint density at radius 2 is 1.83 bits per heavy atom. The van der Waals surface area contributed by atoms with Gasteiger partial charge in [0.25, 0.3) is 5.91 Å². The Balaban J connectivity index is 1.57. The van der Waals surface area contributed by atoms with E-state index in [0.717, 1.165) is 21.8 Å². The van der Waals surface area contributed by atoms with Crippen LogP contribution in [0.15, 0.2) is 64.4 Å². The van der Waals surface area contributed by atoms with Crippen LogP contribution in [0.3, 0.4) is 0 Å². The second-order valence-electron chi connectivity index (χ2n) is 8.24. The molecule has 3 aromatic rings. The molecule has 1 aliphatic heterocycles. The van der Waals surface area contributed by atoms with E-state index in [1.807, 2.05) is 29.2 Å². The first kappa shape index (κ1) is 26.1. The zero-order valence-corrected chi connectivity index (χ0v) is 21.8. The lowest BCUT2D eigenvalue weighted by Crippen LogP contribution is -2.43. The second-order valence-corrected chi connectivity index (χ2v) is 10.1. The molecule has 0 atom stereocenters. The molecule has 0 saturated carbocycles. The van der Waals surface area contributed by atoms with Crippen molar-refractivity contribution in [2.24, 2.45) is 0 Å². The van der Waals surface area contributed by atoms with Crippen LogP contribution in [-0.2, 0) is 15.1 Å². The maximum absolute atomic E-state index is 13.3. The molecule has 1 aliphatic rings. The number of rotatable bonds is 7. The third-order valence-electron chi connectivity index (χ3n) is 5.91. The van der Waals surface area contributed by atoms with Gasteiger partial charge in [-0.2, -0.15) is 0 Å². The number of halogens is 2. The summed E-state index contributed by atoms with van der Waals surface area (Å²) < 4.78 is 18.9. The fourth-order valence-corrected chi connectivity index (χ4v) is 4.79. The fraction of sp³-hybridized carbons (Fsp3) is 0.280. The van der Waals surface area contributed by atoms with E-state index < -0.39 is 23.3 Å². The van der Waals surface area contributed by atoms with Crippen LogP contribution in [-0.4, -0.2) is 52.9 Å². The first-order valence-electron chi connectivity index (χ1n) is 11.1. The lowest BCUT2D eigenvalue weighted by molar-refractivity contribution is -0.137. The molecule has 2 N–H and O–H groups in total. The summed E-state index contributed by atoms with van der Waals surface area (Å²) in [5, 5.41) is 14.3. The van der Waals surface area contributed by atoms with E-state index in [0.29, 0.717) is 42.6 Å². The number of aliphatic hydroxyl groups is 1. The van der Waals surface area contributed by atoms with Crippen molar-refractivity contribution in [1.29, 1.82) is 0 Å². The smallest absolute Gasteiger partial charge is 0.316 e. The molecule has 188 valence electrons. The molecule has 36 heavy (non-hydrogen) atoms. The standard InChI is InChI=1S/C25H24BrFN4O4S/c1-35-21(32)15-36-24-28-14-20(23(33)29-19-8-6-18(27)7-9-19)22(30-24)31-12-10-25(34,11-13-31)16-2-4-17(26)5-3-16/h2-9,14,34H,10-13,15H2,1H3,(H,29,33). The molecule has 1 fully saturated rings. The quantitative estimate of drug-likeness (QED) is 0.243. The number of hydrogen-bond donors (Lipinski definition) is 2. The highest BCUT2D eigenvalue weighted by molar-refractivity contribution is 9.10. The van der Waals surface area contributed by atoms with Crippen LogP contribution in [0, 0.1) is 5.82 Å². The Morgan fingerprint density at radius 1 is 1.17 bits per heavy atom. The number of methoxy groups -OCH3 is 1. The third kappa shape index (κ3) is 6.21. The van der Waals surface area contributed by atoms with Gasteiger partial charge >= 0.3 is 5.97 Å². The topological polar surface area (TPSA) is 105 Å². The van der Waals surface area contributed by atoms with Crippen molar-refractivity contribution in [3.63, 3.8) is 0 Å². The number of amides is 1. The molecular weight excluding hydrogens is 551 g/mol. The summed E-state index contributed by atoms with van der Waals surface area (Å²) in [5.41, 5.74) is 0.496. The summed E-state index contributed by atoms with van der Waals surface area (Å²) in [6.07, 6.45) is 2.28. The maximum Gasteiger partial charge on any atom is 0.316 e. The lowest BCUT2D eigenvalue weighted by atomic mass is 9.84. The summed E-state index contributed by atoms with van der Waals surface area (Å²) in [5.74, 6) is -0.846. The van der Waals surface area contributed by atoms with Crippen molar-refractivity contribution in [3.05, 3.63) is 76.1 Å². The van der Waals surface area contributed by atoms with Gasteiger partial charge < -0.3 is 20.1 Å². The number of anilines is 2. The van der Waals surface area contributed by atoms with Gasteiger partial charge in [-0.25, -0.2) is 14.4 Å². The van der Waals surface area contributed by atoms with Gasteiger partial charge in [-0.1, -0.05) is 39.8 Å². The van der Waals surface area contributed by atoms with Crippen LogP contribution in [0.25, 0.3) is 0 Å². The monoisotopic (exact) mass is 574 g/mol. The molecule has 0 aliphatic carbocycles. The number of aromatic nitrogens is 2. The van der Waals surface area contributed by atoms with Crippen LogP contribution in [0.2, 0.25) is 0 Å². The molecule has 1 amide bonds. The summed E-state index contributed by atoms with van der Waals surface area (Å²) in [7, 11) is 1.30. The average molecular weight is 575 g/mol. The fourth-order valence-electron chi connectivity index (χ4n) is 3.88. The van der Waals surface area contributed by atoms with Crippen LogP contribution in [0.4, 0.5) is 15.9 Å². The Bertz CT molecular complexity index is 1240. The Morgan fingerprint density at radius 3 is 2.47 bits per heavy atom. The van der Waals surface area contributed by atoms with Crippen LogP contribution < -0.4 is 10.2 Å². The molecule has 2 heterocycles. The molecule has 0 unspecified atom stereocenters. The summed E-state index contributed by atoms with van der Waals surface area (Å²) in [4.78, 5) is 35.4. The van der Waals surface area contributed by atoms with Crippen molar-refractivity contribution >= 4 is 51.1 Å². The average Bonchev–Trinajstić information content (AvgIpc) is 2.89. The number of nitrogens with zero attached hydrogens (tertiary/aromatic N) is 3. The Labute approximate surface area is 220 Å². The van der Waals surface area contributed by atoms with E-state index in [4.69, 9.17) is 0 Å². The highest BCUT2D eigenvalue weighted by atomic mass is 79.9. The second kappa shape index (κ2) is 11.4. The van der Waals surface area contributed by atoms with E-state index in [2.05, 4.69) is 36.0 Å². The first-order chi connectivity index (χ1) is 17.3. The number of carbonyl (C=O) groups excluding carboxylic acids is 2. The van der Waals surface area contributed by atoms with Gasteiger partial charge in [-0.15, -0.1) is 0 Å². The molecule has 1 saturated heterocycles. The number of carbonyl (C=O) groups is 2. The summed E-state index contributed by atoms with van der Waals surface area (Å²) in [6.45, 7) is 0.892. The van der Waals surface area contributed by atoms with Gasteiger partial charge in [0.15, 0.2) is 5.16 Å². The zero-order chi connectivity index (χ0) is 25.7. The SMILES string of the molecule is COC(=O)CSc1ncc(C(=O)Nc2ccc(F)cc2)c(N2CCC(O)(c3ccc(Br)cc3)CC2)n1. The van der Waals surface area contributed by atoms with Crippen molar-refractivity contribution < 1.29 is 23.8 Å². The number of piperidine rings is 1. The first-order valence-corrected chi connectivity index (χ1v) is 12.9. The Kier molecular flexibility index (Phi) is 8.22. The minimum absolute atomic E-state index is 0.0282. The van der Waals surface area contributed by atoms with E-state index in [1.165, 1.54) is 37.6 Å². The molecule has 0 spiro atoms. The van der Waals surface area contributed by atoms with Crippen LogP contribution >= 0.6 is 27.7 Å². The van der Waals surface area contributed by atoms with E-state index in [1.54, 1.807) is 0 Å². The van der Waals surface area contributed by atoms with E-state index in [9.17, 15) is 19.1 Å². The largest absolute Gasteiger partial charge is 0.468 e. The van der Waals surface area contributed by atoms with Gasteiger partial charge in [0.05, 0.1) is 18.5 Å². The highest BCUT2D eigenvalue weighted by Crippen LogP contribution is 2.36. The minimum atomic E-state index is -0.997. The highest BCUT2D eigenvalue weighted by Gasteiger charge is 2.35. The van der Waals surface area contributed by atoms with Gasteiger partial charge in [-0.05, 0) is 54.8 Å². The molecule has 8 nitrogen and oxygen atoms in total. The zero-order valence-electron chi connectivity index (χ0n) is 19.4. The molecule has 0 radical (unpaired) electrons. The number of ether oxygens (including phenoxy) is 1. The predicted octanol–water partition coefficient (Wildman–Crippen LogP) is 4.38. The molecule has 0 bridgehead atoms. The molecular formula is C25H24BrFN4O4S. The van der Waals surface area contributed by atoms with E-state index in [-0.39, 0.29) is 11.3 Å². The van der Waals surface area contributed by atoms with Crippen molar-refractivity contribution in [1.82, 2.24) is 9.97 Å². The van der Waals surface area contributed by atoms with Gasteiger partial charge in [0, 0.05) is 29.4 Å².